The van der Waals surface area contributed by atoms with Gasteiger partial charge in [-0.15, -0.1) is 5.73 Å². The van der Waals surface area contributed by atoms with Crippen molar-refractivity contribution < 1.29 is 0 Å². The molecule has 0 aliphatic heterocycles. The highest BCUT2D eigenvalue weighted by atomic mass is 14.2. The molecule has 1 unspecified atom stereocenters. The molecule has 0 saturated heterocycles. The quantitative estimate of drug-likeness (QED) is 0.528. The highest BCUT2D eigenvalue weighted by Gasteiger charge is 2.12. The molecule has 68 valence electrons. The number of hydrogen-bond acceptors (Lipinski definition) is 0. The topological polar surface area (TPSA) is 0 Å². The SMILES string of the molecule is CCC1CCC2=C=C(C=CC=C2)C1. The average Bonchev–Trinajstić information content (AvgIpc) is 2.49. The molecule has 0 nitrogen and oxygen atoms in total. The molecule has 0 N–H and O–H groups in total. The molecule has 0 fully saturated rings. The van der Waals surface area contributed by atoms with Crippen LogP contribution in [0.2, 0.25) is 0 Å². The van der Waals surface area contributed by atoms with E-state index in [0.29, 0.717) is 0 Å². The lowest BCUT2D eigenvalue weighted by Crippen LogP contribution is -1.98. The van der Waals surface area contributed by atoms with Gasteiger partial charge in [0.05, 0.1) is 0 Å². The summed E-state index contributed by atoms with van der Waals surface area (Å²) in [7, 11) is 0. The lowest BCUT2D eigenvalue weighted by Gasteiger charge is -2.11. The third-order valence-corrected chi connectivity index (χ3v) is 2.93. The van der Waals surface area contributed by atoms with Gasteiger partial charge in [0.25, 0.3) is 0 Å². The highest BCUT2D eigenvalue weighted by molar-refractivity contribution is 5.34. The van der Waals surface area contributed by atoms with Crippen LogP contribution in [0.15, 0.2) is 41.2 Å². The maximum atomic E-state index is 3.50. The molecule has 2 aliphatic rings. The summed E-state index contributed by atoms with van der Waals surface area (Å²) in [5.41, 5.74) is 6.28. The molecule has 2 rings (SSSR count). The summed E-state index contributed by atoms with van der Waals surface area (Å²) < 4.78 is 0. The molecule has 0 aromatic carbocycles. The van der Waals surface area contributed by atoms with Crippen LogP contribution in [-0.4, -0.2) is 0 Å². The predicted molar refractivity (Wildman–Crippen MR) is 56.5 cm³/mol. The summed E-state index contributed by atoms with van der Waals surface area (Å²) in [5.74, 6) is 0.871. The zero-order valence-corrected chi connectivity index (χ0v) is 8.22. The average molecular weight is 172 g/mol. The van der Waals surface area contributed by atoms with Crippen molar-refractivity contribution in [2.45, 2.75) is 32.6 Å². The smallest absolute Gasteiger partial charge is 0.00547 e. The highest BCUT2D eigenvalue weighted by Crippen LogP contribution is 2.27. The van der Waals surface area contributed by atoms with Gasteiger partial charge in [-0.1, -0.05) is 37.6 Å². The molecule has 0 amide bonds. The van der Waals surface area contributed by atoms with Crippen LogP contribution in [0, 0.1) is 5.92 Å². The summed E-state index contributed by atoms with van der Waals surface area (Å²) in [6.07, 6.45) is 13.7. The molecule has 0 spiro atoms. The fourth-order valence-electron chi connectivity index (χ4n) is 2.02. The van der Waals surface area contributed by atoms with Crippen molar-refractivity contribution in [2.24, 2.45) is 5.92 Å². The van der Waals surface area contributed by atoms with Gasteiger partial charge in [0.2, 0.25) is 0 Å². The Hall–Kier alpha value is -1.00. The predicted octanol–water partition coefficient (Wildman–Crippen LogP) is 3.77. The summed E-state index contributed by atoms with van der Waals surface area (Å²) in [4.78, 5) is 0. The van der Waals surface area contributed by atoms with Crippen LogP contribution in [0.5, 0.6) is 0 Å². The second kappa shape index (κ2) is 3.81. The number of rotatable bonds is 1. The standard InChI is InChI=1S/C13H16/c1-2-11-7-8-12-5-3-4-6-13(9-11)10-12/h3-6,11H,2,7-9H2,1H3. The summed E-state index contributed by atoms with van der Waals surface area (Å²) in [5, 5.41) is 0. The van der Waals surface area contributed by atoms with E-state index in [4.69, 9.17) is 0 Å². The molecule has 2 bridgehead atoms. The Morgan fingerprint density at radius 2 is 2.08 bits per heavy atom. The van der Waals surface area contributed by atoms with Crippen LogP contribution in [0.3, 0.4) is 0 Å². The minimum absolute atomic E-state index is 0.871. The van der Waals surface area contributed by atoms with Gasteiger partial charge < -0.3 is 0 Å². The maximum absolute atomic E-state index is 3.50. The molecule has 0 saturated carbocycles. The van der Waals surface area contributed by atoms with E-state index in [9.17, 15) is 0 Å². The second-order valence-electron chi connectivity index (χ2n) is 3.91. The van der Waals surface area contributed by atoms with Gasteiger partial charge in [0, 0.05) is 0 Å². The normalized spacial score (nSPS) is 26.1. The van der Waals surface area contributed by atoms with Crippen LogP contribution in [0.4, 0.5) is 0 Å². The van der Waals surface area contributed by atoms with Crippen molar-refractivity contribution in [1.82, 2.24) is 0 Å². The number of hydrogen-bond donors (Lipinski definition) is 0. The van der Waals surface area contributed by atoms with Crippen LogP contribution in [-0.2, 0) is 0 Å². The van der Waals surface area contributed by atoms with E-state index in [1.54, 1.807) is 0 Å². The third kappa shape index (κ3) is 2.02. The van der Waals surface area contributed by atoms with E-state index >= 15 is 0 Å². The Bertz CT molecular complexity index is 309. The van der Waals surface area contributed by atoms with Crippen molar-refractivity contribution in [1.29, 1.82) is 0 Å². The molecule has 0 aromatic rings. The molecular weight excluding hydrogens is 156 g/mol. The molecule has 13 heavy (non-hydrogen) atoms. The van der Waals surface area contributed by atoms with Crippen molar-refractivity contribution >= 4 is 0 Å². The van der Waals surface area contributed by atoms with Gasteiger partial charge in [-0.3, -0.25) is 0 Å². The van der Waals surface area contributed by atoms with Gasteiger partial charge >= 0.3 is 0 Å². The van der Waals surface area contributed by atoms with Crippen molar-refractivity contribution in [2.75, 3.05) is 0 Å². The fraction of sp³-hybridized carbons (Fsp3) is 0.462. The molecule has 0 heterocycles. The van der Waals surface area contributed by atoms with E-state index < -0.39 is 0 Å². The van der Waals surface area contributed by atoms with E-state index in [0.717, 1.165) is 5.92 Å². The Morgan fingerprint density at radius 3 is 2.85 bits per heavy atom. The fourth-order valence-corrected chi connectivity index (χ4v) is 2.02. The van der Waals surface area contributed by atoms with Gasteiger partial charge in [-0.2, -0.15) is 0 Å². The number of allylic oxidation sites excluding steroid dienone is 5. The minimum Gasteiger partial charge on any atom is -0.114 e. The first-order valence-electron chi connectivity index (χ1n) is 5.22. The Balaban J connectivity index is 2.24. The van der Waals surface area contributed by atoms with E-state index in [2.05, 4.69) is 37.0 Å². The van der Waals surface area contributed by atoms with Crippen LogP contribution in [0.1, 0.15) is 32.6 Å². The first-order valence-corrected chi connectivity index (χ1v) is 5.22. The Labute approximate surface area is 80.3 Å². The van der Waals surface area contributed by atoms with Gasteiger partial charge in [-0.25, -0.2) is 0 Å². The van der Waals surface area contributed by atoms with Crippen LogP contribution in [0.25, 0.3) is 0 Å². The van der Waals surface area contributed by atoms with E-state index in [1.165, 1.54) is 36.8 Å². The van der Waals surface area contributed by atoms with Crippen LogP contribution >= 0.6 is 0 Å². The van der Waals surface area contributed by atoms with Crippen LogP contribution < -0.4 is 0 Å². The first-order chi connectivity index (χ1) is 6.38. The Kier molecular flexibility index (Phi) is 2.52. The lowest BCUT2D eigenvalue weighted by atomic mass is 9.93. The van der Waals surface area contributed by atoms with Gasteiger partial charge in [0.1, 0.15) is 0 Å². The third-order valence-electron chi connectivity index (χ3n) is 2.93. The molecule has 0 heteroatoms. The minimum atomic E-state index is 0.871. The summed E-state index contributed by atoms with van der Waals surface area (Å²) in [6, 6.07) is 0. The zero-order chi connectivity index (χ0) is 9.10. The maximum Gasteiger partial charge on any atom is -0.00547 e. The zero-order valence-electron chi connectivity index (χ0n) is 8.22. The van der Waals surface area contributed by atoms with E-state index in [-0.39, 0.29) is 0 Å². The molecule has 2 aliphatic carbocycles. The van der Waals surface area contributed by atoms with Crippen molar-refractivity contribution in [3.63, 3.8) is 0 Å². The van der Waals surface area contributed by atoms with Crippen molar-refractivity contribution in [3.8, 4) is 0 Å². The second-order valence-corrected chi connectivity index (χ2v) is 3.91. The lowest BCUT2D eigenvalue weighted by molar-refractivity contribution is 0.476. The van der Waals surface area contributed by atoms with E-state index in [1.807, 2.05) is 0 Å². The molecule has 0 radical (unpaired) electrons. The van der Waals surface area contributed by atoms with Gasteiger partial charge in [-0.05, 0) is 36.3 Å². The first kappa shape index (κ1) is 8.59. The van der Waals surface area contributed by atoms with Crippen molar-refractivity contribution in [3.05, 3.63) is 41.2 Å². The van der Waals surface area contributed by atoms with Gasteiger partial charge in [0.15, 0.2) is 0 Å². The monoisotopic (exact) mass is 172 g/mol. The molecular formula is C13H16. The molecule has 0 aromatic heterocycles. The summed E-state index contributed by atoms with van der Waals surface area (Å²) >= 11 is 0. The summed E-state index contributed by atoms with van der Waals surface area (Å²) in [6.45, 7) is 2.29. The molecule has 1 atom stereocenters. The largest absolute Gasteiger partial charge is 0.114 e. The Morgan fingerprint density at radius 1 is 1.31 bits per heavy atom.